The van der Waals surface area contributed by atoms with Gasteiger partial charge in [-0.2, -0.15) is 0 Å². The van der Waals surface area contributed by atoms with Crippen LogP contribution < -0.4 is 10.5 Å². The molecule has 0 amide bonds. The number of hydrogen-bond acceptors (Lipinski definition) is 3. The Bertz CT molecular complexity index is 602. The molecule has 2 aromatic rings. The third-order valence-corrected chi connectivity index (χ3v) is 3.24. The predicted molar refractivity (Wildman–Crippen MR) is 77.2 cm³/mol. The number of nitrogen functional groups attached to an aromatic ring is 1. The Morgan fingerprint density at radius 3 is 2.56 bits per heavy atom. The smallest absolute Gasteiger partial charge is 0.146 e. The topological polar surface area (TPSA) is 72.0 Å². The lowest BCUT2D eigenvalue weighted by Crippen LogP contribution is -2.11. The second kappa shape index (κ2) is 5.49. The van der Waals surface area contributed by atoms with E-state index in [2.05, 4.69) is 36.8 Å². The number of hydrogen-bond donors (Lipinski definition) is 2. The number of halogens is 2. The maximum absolute atomic E-state index is 7.39. The zero-order valence-corrected chi connectivity index (χ0v) is 12.3. The molecule has 1 aromatic carbocycles. The summed E-state index contributed by atoms with van der Waals surface area (Å²) in [5, 5.41) is 7.39. The summed E-state index contributed by atoms with van der Waals surface area (Å²) in [5.41, 5.74) is 6.07. The summed E-state index contributed by atoms with van der Waals surface area (Å²) in [6, 6.07) is 7.06. The largest absolute Gasteiger partial charge is 0.456 e. The van der Waals surface area contributed by atoms with Crippen molar-refractivity contribution < 1.29 is 4.74 Å². The molecule has 18 heavy (non-hydrogen) atoms. The van der Waals surface area contributed by atoms with Crippen LogP contribution in [-0.2, 0) is 0 Å². The van der Waals surface area contributed by atoms with Crippen molar-refractivity contribution in [3.05, 3.63) is 51.2 Å². The summed E-state index contributed by atoms with van der Waals surface area (Å²) in [5.74, 6) is 1.29. The van der Waals surface area contributed by atoms with E-state index in [-0.39, 0.29) is 5.84 Å². The van der Waals surface area contributed by atoms with Gasteiger partial charge in [0, 0.05) is 20.7 Å². The van der Waals surface area contributed by atoms with Gasteiger partial charge in [-0.05, 0) is 56.1 Å². The van der Waals surface area contributed by atoms with Crippen molar-refractivity contribution >= 4 is 37.7 Å². The first kappa shape index (κ1) is 13.0. The molecule has 0 fully saturated rings. The molecule has 0 aliphatic carbocycles. The van der Waals surface area contributed by atoms with Crippen LogP contribution in [0.3, 0.4) is 0 Å². The minimum atomic E-state index is 0.0116. The van der Waals surface area contributed by atoms with Gasteiger partial charge in [0.2, 0.25) is 0 Å². The van der Waals surface area contributed by atoms with Crippen molar-refractivity contribution in [2.75, 3.05) is 0 Å². The third kappa shape index (κ3) is 3.08. The first-order valence-corrected chi connectivity index (χ1v) is 6.57. The van der Waals surface area contributed by atoms with Gasteiger partial charge < -0.3 is 10.5 Å². The summed E-state index contributed by atoms with van der Waals surface area (Å²) < 4.78 is 7.21. The standard InChI is InChI=1S/C12H9Br2N3O/c13-7-3-9(6-17-5-7)18-8-1-2-10(12(15)16)11(14)4-8/h1-6H,(H3,15,16). The zero-order chi connectivity index (χ0) is 13.1. The number of nitrogens with two attached hydrogens (primary N) is 1. The van der Waals surface area contributed by atoms with Crippen molar-refractivity contribution in [3.8, 4) is 11.5 Å². The Kier molecular flexibility index (Phi) is 3.98. The van der Waals surface area contributed by atoms with Gasteiger partial charge in [0.25, 0.3) is 0 Å². The second-order valence-electron chi connectivity index (χ2n) is 3.50. The van der Waals surface area contributed by atoms with Crippen LogP contribution >= 0.6 is 31.9 Å². The quantitative estimate of drug-likeness (QED) is 0.639. The molecule has 1 aromatic heterocycles. The molecule has 0 saturated carbocycles. The first-order chi connectivity index (χ1) is 8.56. The van der Waals surface area contributed by atoms with Crippen LogP contribution in [0.15, 0.2) is 45.6 Å². The fraction of sp³-hybridized carbons (Fsp3) is 0. The summed E-state index contributed by atoms with van der Waals surface area (Å²) in [7, 11) is 0. The molecular weight excluding hydrogens is 362 g/mol. The molecule has 0 aliphatic rings. The number of pyridine rings is 1. The summed E-state index contributed by atoms with van der Waals surface area (Å²) in [6.07, 6.45) is 3.30. The van der Waals surface area contributed by atoms with E-state index in [9.17, 15) is 0 Å². The molecule has 0 spiro atoms. The molecule has 0 unspecified atom stereocenters. The lowest BCUT2D eigenvalue weighted by Gasteiger charge is -2.08. The lowest BCUT2D eigenvalue weighted by molar-refractivity contribution is 0.479. The molecule has 4 nitrogen and oxygen atoms in total. The van der Waals surface area contributed by atoms with E-state index in [0.717, 1.165) is 8.95 Å². The zero-order valence-electron chi connectivity index (χ0n) is 9.15. The van der Waals surface area contributed by atoms with Crippen molar-refractivity contribution in [2.45, 2.75) is 0 Å². The van der Waals surface area contributed by atoms with Gasteiger partial charge in [-0.25, -0.2) is 0 Å². The van der Waals surface area contributed by atoms with Gasteiger partial charge in [-0.15, -0.1) is 0 Å². The van der Waals surface area contributed by atoms with Crippen LogP contribution in [-0.4, -0.2) is 10.8 Å². The normalized spacial score (nSPS) is 10.1. The maximum atomic E-state index is 7.39. The molecule has 3 N–H and O–H groups in total. The summed E-state index contributed by atoms with van der Waals surface area (Å²) >= 11 is 6.67. The number of amidine groups is 1. The average Bonchev–Trinajstić information content (AvgIpc) is 2.28. The molecule has 0 atom stereocenters. The van der Waals surface area contributed by atoms with Crippen LogP contribution in [0.25, 0.3) is 0 Å². The number of nitrogens with zero attached hydrogens (tertiary/aromatic N) is 1. The molecule has 92 valence electrons. The molecule has 0 saturated heterocycles. The van der Waals surface area contributed by atoms with Crippen LogP contribution in [0, 0.1) is 5.41 Å². The Morgan fingerprint density at radius 2 is 1.94 bits per heavy atom. The summed E-state index contributed by atoms with van der Waals surface area (Å²) in [4.78, 5) is 4.01. The SMILES string of the molecule is N=C(N)c1ccc(Oc2cncc(Br)c2)cc1Br. The highest BCUT2D eigenvalue weighted by molar-refractivity contribution is 9.10. The third-order valence-electron chi connectivity index (χ3n) is 2.15. The molecule has 1 heterocycles. The highest BCUT2D eigenvalue weighted by Gasteiger charge is 2.05. The van der Waals surface area contributed by atoms with Gasteiger partial charge in [0.1, 0.15) is 17.3 Å². The average molecular weight is 371 g/mol. The van der Waals surface area contributed by atoms with E-state index in [4.69, 9.17) is 15.9 Å². The minimum Gasteiger partial charge on any atom is -0.456 e. The molecule has 2 rings (SSSR count). The minimum absolute atomic E-state index is 0.0116. The van der Waals surface area contributed by atoms with Crippen LogP contribution in [0.2, 0.25) is 0 Å². The van der Waals surface area contributed by atoms with Gasteiger partial charge in [-0.1, -0.05) is 0 Å². The number of rotatable bonds is 3. The van der Waals surface area contributed by atoms with E-state index in [1.807, 2.05) is 6.07 Å². The van der Waals surface area contributed by atoms with E-state index in [1.165, 1.54) is 0 Å². The van der Waals surface area contributed by atoms with Crippen molar-refractivity contribution in [1.29, 1.82) is 5.41 Å². The van der Waals surface area contributed by atoms with E-state index >= 15 is 0 Å². The lowest BCUT2D eigenvalue weighted by atomic mass is 10.2. The molecule has 6 heteroatoms. The second-order valence-corrected chi connectivity index (χ2v) is 5.27. The van der Waals surface area contributed by atoms with Gasteiger partial charge in [-0.3, -0.25) is 10.4 Å². The first-order valence-electron chi connectivity index (χ1n) is 4.98. The van der Waals surface area contributed by atoms with Crippen LogP contribution in [0.5, 0.6) is 11.5 Å². The Hall–Kier alpha value is -1.40. The van der Waals surface area contributed by atoms with Crippen molar-refractivity contribution in [1.82, 2.24) is 4.98 Å². The highest BCUT2D eigenvalue weighted by atomic mass is 79.9. The van der Waals surface area contributed by atoms with E-state index in [0.29, 0.717) is 17.1 Å². The van der Waals surface area contributed by atoms with Crippen LogP contribution in [0.1, 0.15) is 5.56 Å². The van der Waals surface area contributed by atoms with Gasteiger partial charge in [0.15, 0.2) is 0 Å². The summed E-state index contributed by atoms with van der Waals surface area (Å²) in [6.45, 7) is 0. The number of aromatic nitrogens is 1. The van der Waals surface area contributed by atoms with Crippen molar-refractivity contribution in [3.63, 3.8) is 0 Å². The number of nitrogens with one attached hydrogen (secondary N) is 1. The van der Waals surface area contributed by atoms with E-state index < -0.39 is 0 Å². The van der Waals surface area contributed by atoms with Crippen LogP contribution in [0.4, 0.5) is 0 Å². The van der Waals surface area contributed by atoms with Gasteiger partial charge >= 0.3 is 0 Å². The molecule has 0 radical (unpaired) electrons. The van der Waals surface area contributed by atoms with E-state index in [1.54, 1.807) is 30.6 Å². The molecular formula is C12H9Br2N3O. The Morgan fingerprint density at radius 1 is 1.17 bits per heavy atom. The molecule has 0 bridgehead atoms. The highest BCUT2D eigenvalue weighted by Crippen LogP contribution is 2.27. The van der Waals surface area contributed by atoms with Gasteiger partial charge in [0.05, 0.1) is 6.20 Å². The predicted octanol–water partition coefficient (Wildman–Crippen LogP) is 3.68. The number of benzene rings is 1. The fourth-order valence-corrected chi connectivity index (χ4v) is 2.28. The fourth-order valence-electron chi connectivity index (χ4n) is 1.36. The number of ether oxygens (including phenoxy) is 1. The Labute approximate surface area is 121 Å². The maximum Gasteiger partial charge on any atom is 0.146 e. The van der Waals surface area contributed by atoms with Crippen molar-refractivity contribution in [2.24, 2.45) is 5.73 Å². The Balaban J connectivity index is 2.25. The monoisotopic (exact) mass is 369 g/mol. The molecule has 0 aliphatic heterocycles.